The van der Waals surface area contributed by atoms with Crippen molar-refractivity contribution in [2.45, 2.75) is 58.0 Å². The van der Waals surface area contributed by atoms with E-state index in [4.69, 9.17) is 9.47 Å². The second kappa shape index (κ2) is 16.8. The normalized spacial score (nSPS) is 11.8. The number of hydrogen-bond acceptors (Lipinski definition) is 5. The van der Waals surface area contributed by atoms with Gasteiger partial charge in [-0.2, -0.15) is 17.6 Å². The topological polar surface area (TPSA) is 46.2 Å². The number of benzene rings is 2. The van der Waals surface area contributed by atoms with E-state index in [1.165, 1.54) is 25.0 Å². The van der Waals surface area contributed by atoms with Crippen molar-refractivity contribution in [3.05, 3.63) is 85.0 Å². The van der Waals surface area contributed by atoms with Gasteiger partial charge in [0, 0.05) is 0 Å². The van der Waals surface area contributed by atoms with Crippen molar-refractivity contribution in [1.29, 1.82) is 0 Å². The van der Waals surface area contributed by atoms with Crippen LogP contribution >= 0.6 is 0 Å². The van der Waals surface area contributed by atoms with Crippen molar-refractivity contribution >= 4 is 0 Å². The Hall–Kier alpha value is -3.02. The largest absolute Gasteiger partial charge is 0.490 e. The van der Waals surface area contributed by atoms with E-state index in [9.17, 15) is 26.3 Å². The van der Waals surface area contributed by atoms with Gasteiger partial charge in [0.05, 0.1) is 13.2 Å². The Labute approximate surface area is 225 Å². The number of hydrogen-bond donors (Lipinski definition) is 0. The SMILES string of the molecule is C=CCc1ccc(OCOc2ccc(CC=C)cc2)cc1.CCCOC(F)(F)OC(F)(F)C(F)(F)OCCC. The molecule has 0 aromatic heterocycles. The van der Waals surface area contributed by atoms with Gasteiger partial charge in [0.15, 0.2) is 0 Å². The fourth-order valence-electron chi connectivity index (χ4n) is 2.72. The number of allylic oxidation sites excluding steroid dienone is 2. The summed E-state index contributed by atoms with van der Waals surface area (Å²) in [5.41, 5.74) is 2.44. The molecule has 0 unspecified atom stereocenters. The van der Waals surface area contributed by atoms with Crippen molar-refractivity contribution in [2.24, 2.45) is 0 Å². The average Bonchev–Trinajstić information content (AvgIpc) is 2.88. The predicted octanol–water partition coefficient (Wildman–Crippen LogP) is 8.15. The number of alkyl halides is 6. The molecule has 0 amide bonds. The highest BCUT2D eigenvalue weighted by Crippen LogP contribution is 2.40. The molecule has 39 heavy (non-hydrogen) atoms. The maximum absolute atomic E-state index is 12.8. The molecule has 0 aliphatic carbocycles. The molecule has 0 N–H and O–H groups in total. The molecular weight excluding hydrogens is 530 g/mol. The van der Waals surface area contributed by atoms with Gasteiger partial charge in [0.25, 0.3) is 0 Å². The van der Waals surface area contributed by atoms with Gasteiger partial charge >= 0.3 is 18.5 Å². The van der Waals surface area contributed by atoms with Crippen LogP contribution in [0.15, 0.2) is 73.8 Å². The van der Waals surface area contributed by atoms with Crippen molar-refractivity contribution < 1.29 is 50.0 Å². The highest BCUT2D eigenvalue weighted by atomic mass is 19.3. The molecule has 2 aromatic rings. The Kier molecular flexibility index (Phi) is 14.7. The molecular formula is C28H34F6O5. The Morgan fingerprint density at radius 2 is 1.05 bits per heavy atom. The summed E-state index contributed by atoms with van der Waals surface area (Å²) in [6.07, 6.45) is -9.90. The van der Waals surface area contributed by atoms with Crippen LogP contribution in [0.1, 0.15) is 37.8 Å². The summed E-state index contributed by atoms with van der Waals surface area (Å²) in [5, 5.41) is 0. The molecule has 0 heterocycles. The zero-order chi connectivity index (χ0) is 29.4. The first-order valence-electron chi connectivity index (χ1n) is 12.2. The van der Waals surface area contributed by atoms with Crippen LogP contribution in [-0.2, 0) is 27.1 Å². The number of rotatable bonds is 17. The fourth-order valence-corrected chi connectivity index (χ4v) is 2.72. The summed E-state index contributed by atoms with van der Waals surface area (Å²) in [5.74, 6) is 1.59. The van der Waals surface area contributed by atoms with Crippen molar-refractivity contribution in [2.75, 3.05) is 20.0 Å². The van der Waals surface area contributed by atoms with Crippen LogP contribution in [0.3, 0.4) is 0 Å². The minimum Gasteiger partial charge on any atom is -0.458 e. The van der Waals surface area contributed by atoms with Crippen LogP contribution in [0, 0.1) is 0 Å². The third-order valence-corrected chi connectivity index (χ3v) is 4.61. The third kappa shape index (κ3) is 13.1. The van der Waals surface area contributed by atoms with Gasteiger partial charge in [0.2, 0.25) is 6.79 Å². The van der Waals surface area contributed by atoms with Gasteiger partial charge in [-0.3, -0.25) is 4.74 Å². The van der Waals surface area contributed by atoms with Crippen LogP contribution < -0.4 is 9.47 Å². The maximum Gasteiger partial charge on any atom is 0.490 e. The van der Waals surface area contributed by atoms with E-state index in [0.717, 1.165) is 24.3 Å². The van der Waals surface area contributed by atoms with E-state index in [1.54, 1.807) is 0 Å². The number of halogens is 6. The summed E-state index contributed by atoms with van der Waals surface area (Å²) >= 11 is 0. The quantitative estimate of drug-likeness (QED) is 0.110. The van der Waals surface area contributed by atoms with Crippen molar-refractivity contribution in [3.63, 3.8) is 0 Å². The molecule has 2 aromatic carbocycles. The minimum atomic E-state index is -5.50. The van der Waals surface area contributed by atoms with Gasteiger partial charge in [-0.25, -0.2) is 4.74 Å². The molecule has 0 fully saturated rings. The van der Waals surface area contributed by atoms with Crippen molar-refractivity contribution in [3.8, 4) is 11.5 Å². The molecule has 0 saturated heterocycles. The van der Waals surface area contributed by atoms with Crippen LogP contribution in [0.2, 0.25) is 0 Å². The summed E-state index contributed by atoms with van der Waals surface area (Å²) < 4.78 is 97.3. The molecule has 2 rings (SSSR count). The van der Waals surface area contributed by atoms with E-state index in [2.05, 4.69) is 27.4 Å². The lowest BCUT2D eigenvalue weighted by Crippen LogP contribution is -2.49. The Bertz CT molecular complexity index is 912. The maximum atomic E-state index is 12.8. The molecule has 0 spiro atoms. The molecule has 0 atom stereocenters. The summed E-state index contributed by atoms with van der Waals surface area (Å²) in [6, 6.07) is 15.9. The molecule has 0 bridgehead atoms. The molecule has 11 heteroatoms. The molecule has 0 aliphatic heterocycles. The van der Waals surface area contributed by atoms with Gasteiger partial charge in [-0.1, -0.05) is 50.3 Å². The lowest BCUT2D eigenvalue weighted by molar-refractivity contribution is -0.526. The van der Waals surface area contributed by atoms with Crippen LogP contribution in [0.25, 0.3) is 0 Å². The van der Waals surface area contributed by atoms with E-state index in [1.807, 2.05) is 60.7 Å². The van der Waals surface area contributed by atoms with Crippen LogP contribution in [0.5, 0.6) is 11.5 Å². The monoisotopic (exact) mass is 564 g/mol. The van der Waals surface area contributed by atoms with E-state index in [-0.39, 0.29) is 19.6 Å². The second-order valence-corrected chi connectivity index (χ2v) is 7.98. The van der Waals surface area contributed by atoms with Crippen molar-refractivity contribution in [1.82, 2.24) is 0 Å². The van der Waals surface area contributed by atoms with Gasteiger partial charge < -0.3 is 14.2 Å². The molecule has 5 nitrogen and oxygen atoms in total. The second-order valence-electron chi connectivity index (χ2n) is 7.98. The molecule has 0 saturated carbocycles. The fraction of sp³-hybridized carbons (Fsp3) is 0.429. The first-order valence-corrected chi connectivity index (χ1v) is 12.2. The molecule has 0 aliphatic rings. The van der Waals surface area contributed by atoms with Gasteiger partial charge in [-0.05, 0) is 61.1 Å². The summed E-state index contributed by atoms with van der Waals surface area (Å²) in [4.78, 5) is 0. The minimum absolute atomic E-state index is 0.00833. The van der Waals surface area contributed by atoms with E-state index >= 15 is 0 Å². The lowest BCUT2D eigenvalue weighted by atomic mass is 10.1. The van der Waals surface area contributed by atoms with Crippen LogP contribution in [0.4, 0.5) is 26.3 Å². The first kappa shape index (κ1) is 34.0. The summed E-state index contributed by atoms with van der Waals surface area (Å²) in [6.45, 7) is 9.10. The highest BCUT2D eigenvalue weighted by molar-refractivity contribution is 5.29. The zero-order valence-electron chi connectivity index (χ0n) is 21.9. The first-order chi connectivity index (χ1) is 18.4. The highest BCUT2D eigenvalue weighted by Gasteiger charge is 2.64. The van der Waals surface area contributed by atoms with Crippen LogP contribution in [-0.4, -0.2) is 38.5 Å². The Morgan fingerprint density at radius 1 is 0.641 bits per heavy atom. The third-order valence-electron chi connectivity index (χ3n) is 4.61. The lowest BCUT2D eigenvalue weighted by Gasteiger charge is -2.28. The molecule has 0 radical (unpaired) electrons. The van der Waals surface area contributed by atoms with Gasteiger partial charge in [0.1, 0.15) is 11.5 Å². The van der Waals surface area contributed by atoms with E-state index in [0.29, 0.717) is 0 Å². The average molecular weight is 565 g/mol. The molecule has 218 valence electrons. The predicted molar refractivity (Wildman–Crippen MR) is 135 cm³/mol. The van der Waals surface area contributed by atoms with Gasteiger partial charge in [-0.15, -0.1) is 21.9 Å². The van der Waals surface area contributed by atoms with E-state index < -0.39 is 31.7 Å². The zero-order valence-corrected chi connectivity index (χ0v) is 21.9. The summed E-state index contributed by atoms with van der Waals surface area (Å²) in [7, 11) is 0. The number of ether oxygens (including phenoxy) is 5. The Morgan fingerprint density at radius 3 is 1.44 bits per heavy atom. The Balaban J connectivity index is 0.000000396. The smallest absolute Gasteiger partial charge is 0.458 e. The standard InChI is InChI=1S/C19H20O2.C9H14F6O3/c1-3-5-16-7-11-18(12-8-16)20-15-21-19-13-9-17(6-4-2)10-14-19;1-3-5-16-7(10,11)8(12,13)18-9(14,15)17-6-4-2/h3-4,7-14H,1-2,5-6,15H2;3-6H2,1-2H3.